The Morgan fingerprint density at radius 1 is 1.35 bits per heavy atom. The highest BCUT2D eigenvalue weighted by molar-refractivity contribution is 6.06. The minimum Gasteiger partial charge on any atom is -0.324 e. The first-order chi connectivity index (χ1) is 9.41. The third-order valence-corrected chi connectivity index (χ3v) is 3.44. The van der Waals surface area contributed by atoms with Crippen molar-refractivity contribution in [2.24, 2.45) is 12.8 Å². The van der Waals surface area contributed by atoms with Gasteiger partial charge in [0.2, 0.25) is 0 Å². The highest BCUT2D eigenvalue weighted by atomic mass is 16.1. The number of anilines is 1. The van der Waals surface area contributed by atoms with Crippen LogP contribution in [0.4, 0.5) is 5.69 Å². The van der Waals surface area contributed by atoms with Crippen molar-refractivity contribution in [1.82, 2.24) is 9.78 Å². The van der Waals surface area contributed by atoms with Gasteiger partial charge < -0.3 is 11.1 Å². The van der Waals surface area contributed by atoms with Crippen LogP contribution in [0, 0.1) is 13.8 Å². The van der Waals surface area contributed by atoms with Crippen LogP contribution in [-0.2, 0) is 7.05 Å². The predicted molar refractivity (Wildman–Crippen MR) is 79.7 cm³/mol. The van der Waals surface area contributed by atoms with E-state index in [-0.39, 0.29) is 11.9 Å². The Morgan fingerprint density at radius 2 is 2.00 bits per heavy atom. The van der Waals surface area contributed by atoms with Gasteiger partial charge in [-0.15, -0.1) is 0 Å². The van der Waals surface area contributed by atoms with Crippen LogP contribution in [-0.4, -0.2) is 15.7 Å². The number of aromatic nitrogens is 2. The summed E-state index contributed by atoms with van der Waals surface area (Å²) < 4.78 is 1.71. The van der Waals surface area contributed by atoms with E-state index in [1.807, 2.05) is 52.1 Å². The van der Waals surface area contributed by atoms with Gasteiger partial charge in [-0.05, 0) is 32.4 Å². The maximum Gasteiger partial charge on any atom is 0.259 e. The van der Waals surface area contributed by atoms with Crippen molar-refractivity contribution < 1.29 is 4.79 Å². The summed E-state index contributed by atoms with van der Waals surface area (Å²) in [7, 11) is 1.83. The van der Waals surface area contributed by atoms with Gasteiger partial charge in [0.25, 0.3) is 5.91 Å². The van der Waals surface area contributed by atoms with Gasteiger partial charge in [0, 0.05) is 24.5 Å². The number of hydrogen-bond acceptors (Lipinski definition) is 3. The van der Waals surface area contributed by atoms with Crippen molar-refractivity contribution >= 4 is 11.6 Å². The minimum absolute atomic E-state index is 0.136. The third-order valence-electron chi connectivity index (χ3n) is 3.44. The fourth-order valence-electron chi connectivity index (χ4n) is 2.29. The maximum atomic E-state index is 12.4. The van der Waals surface area contributed by atoms with Crippen LogP contribution in [0.15, 0.2) is 24.3 Å². The summed E-state index contributed by atoms with van der Waals surface area (Å²) in [6.07, 6.45) is 0. The summed E-state index contributed by atoms with van der Waals surface area (Å²) in [6, 6.07) is 7.43. The molecule has 1 aromatic carbocycles. The zero-order valence-corrected chi connectivity index (χ0v) is 12.3. The molecule has 0 saturated carbocycles. The molecule has 0 aliphatic carbocycles. The first-order valence-corrected chi connectivity index (χ1v) is 6.58. The molecule has 0 aliphatic rings. The van der Waals surface area contributed by atoms with E-state index < -0.39 is 0 Å². The molecule has 5 heteroatoms. The molecule has 0 saturated heterocycles. The Kier molecular flexibility index (Phi) is 3.90. The molecule has 1 atom stereocenters. The van der Waals surface area contributed by atoms with Gasteiger partial charge in [-0.25, -0.2) is 0 Å². The number of aryl methyl sites for hydroxylation is 2. The largest absolute Gasteiger partial charge is 0.324 e. The fourth-order valence-corrected chi connectivity index (χ4v) is 2.29. The second kappa shape index (κ2) is 5.46. The third kappa shape index (κ3) is 2.58. The molecule has 1 unspecified atom stereocenters. The molecule has 0 bridgehead atoms. The van der Waals surface area contributed by atoms with E-state index >= 15 is 0 Å². The van der Waals surface area contributed by atoms with Gasteiger partial charge in [-0.2, -0.15) is 5.10 Å². The smallest absolute Gasteiger partial charge is 0.259 e. The van der Waals surface area contributed by atoms with E-state index in [1.165, 1.54) is 0 Å². The fraction of sp³-hybridized carbons (Fsp3) is 0.333. The Balaban J connectivity index is 2.33. The second-order valence-electron chi connectivity index (χ2n) is 5.00. The van der Waals surface area contributed by atoms with Crippen LogP contribution in [0.3, 0.4) is 0 Å². The second-order valence-corrected chi connectivity index (χ2v) is 5.00. The Hall–Kier alpha value is -2.14. The first kappa shape index (κ1) is 14.3. The van der Waals surface area contributed by atoms with Crippen LogP contribution in [0.25, 0.3) is 0 Å². The zero-order valence-electron chi connectivity index (χ0n) is 12.3. The highest BCUT2D eigenvalue weighted by Crippen LogP contribution is 2.22. The average Bonchev–Trinajstić information content (AvgIpc) is 2.63. The summed E-state index contributed by atoms with van der Waals surface area (Å²) in [4.78, 5) is 12.4. The number of carbonyl (C=O) groups excluding carboxylic acids is 1. The van der Waals surface area contributed by atoms with Gasteiger partial charge in [-0.3, -0.25) is 9.48 Å². The van der Waals surface area contributed by atoms with Crippen LogP contribution in [0.5, 0.6) is 0 Å². The lowest BCUT2D eigenvalue weighted by molar-refractivity contribution is 0.102. The van der Waals surface area contributed by atoms with Gasteiger partial charge in [0.05, 0.1) is 11.3 Å². The zero-order chi connectivity index (χ0) is 14.9. The maximum absolute atomic E-state index is 12.4. The number of para-hydroxylation sites is 1. The quantitative estimate of drug-likeness (QED) is 0.900. The van der Waals surface area contributed by atoms with Gasteiger partial charge in [-0.1, -0.05) is 18.2 Å². The van der Waals surface area contributed by atoms with E-state index in [9.17, 15) is 4.79 Å². The van der Waals surface area contributed by atoms with E-state index in [0.29, 0.717) is 5.56 Å². The van der Waals surface area contributed by atoms with E-state index in [2.05, 4.69) is 10.4 Å². The molecule has 1 heterocycles. The lowest BCUT2D eigenvalue weighted by Gasteiger charge is -2.13. The van der Waals surface area contributed by atoms with Gasteiger partial charge >= 0.3 is 0 Å². The standard InChI is InChI=1S/C15H20N4O/c1-9(16)12-7-5-6-8-13(12)17-15(20)14-10(2)18-19(4)11(14)3/h5-9H,16H2,1-4H3,(H,17,20). The number of nitrogens with zero attached hydrogens (tertiary/aromatic N) is 2. The van der Waals surface area contributed by atoms with Gasteiger partial charge in [0.15, 0.2) is 0 Å². The van der Waals surface area contributed by atoms with Crippen molar-refractivity contribution in [3.05, 3.63) is 46.8 Å². The molecule has 106 valence electrons. The number of nitrogens with one attached hydrogen (secondary N) is 1. The van der Waals surface area contributed by atoms with E-state index in [4.69, 9.17) is 5.73 Å². The first-order valence-electron chi connectivity index (χ1n) is 6.58. The lowest BCUT2D eigenvalue weighted by Crippen LogP contribution is -2.17. The Morgan fingerprint density at radius 3 is 2.55 bits per heavy atom. The molecule has 5 nitrogen and oxygen atoms in total. The van der Waals surface area contributed by atoms with Crippen LogP contribution in [0.1, 0.15) is 40.3 Å². The van der Waals surface area contributed by atoms with Crippen LogP contribution < -0.4 is 11.1 Å². The van der Waals surface area contributed by atoms with Crippen molar-refractivity contribution in [2.75, 3.05) is 5.32 Å². The molecule has 1 aromatic heterocycles. The van der Waals surface area contributed by atoms with Crippen LogP contribution >= 0.6 is 0 Å². The highest BCUT2D eigenvalue weighted by Gasteiger charge is 2.18. The minimum atomic E-state index is -0.152. The molecule has 0 spiro atoms. The number of carbonyl (C=O) groups is 1. The van der Waals surface area contributed by atoms with Crippen molar-refractivity contribution in [3.8, 4) is 0 Å². The van der Waals surface area contributed by atoms with Gasteiger partial charge in [0.1, 0.15) is 0 Å². The molecule has 20 heavy (non-hydrogen) atoms. The summed E-state index contributed by atoms with van der Waals surface area (Å²) in [5.74, 6) is -0.152. The molecular formula is C15H20N4O. The molecular weight excluding hydrogens is 252 g/mol. The number of benzene rings is 1. The topological polar surface area (TPSA) is 72.9 Å². The number of amides is 1. The predicted octanol–water partition coefficient (Wildman–Crippen LogP) is 2.31. The SMILES string of the molecule is Cc1nn(C)c(C)c1C(=O)Nc1ccccc1C(C)N. The monoisotopic (exact) mass is 272 g/mol. The van der Waals surface area contributed by atoms with Crippen molar-refractivity contribution in [1.29, 1.82) is 0 Å². The average molecular weight is 272 g/mol. The lowest BCUT2D eigenvalue weighted by atomic mass is 10.1. The molecule has 3 N–H and O–H groups in total. The Labute approximate surface area is 118 Å². The number of rotatable bonds is 3. The van der Waals surface area contributed by atoms with E-state index in [0.717, 1.165) is 22.6 Å². The molecule has 2 aromatic rings. The Bertz CT molecular complexity index is 643. The molecule has 0 radical (unpaired) electrons. The summed E-state index contributed by atoms with van der Waals surface area (Å²) in [6.45, 7) is 5.61. The molecule has 0 fully saturated rings. The summed E-state index contributed by atoms with van der Waals surface area (Å²) in [5, 5.41) is 7.19. The normalized spacial score (nSPS) is 12.2. The van der Waals surface area contributed by atoms with Crippen molar-refractivity contribution in [2.45, 2.75) is 26.8 Å². The van der Waals surface area contributed by atoms with Crippen molar-refractivity contribution in [3.63, 3.8) is 0 Å². The van der Waals surface area contributed by atoms with E-state index in [1.54, 1.807) is 4.68 Å². The number of hydrogen-bond donors (Lipinski definition) is 2. The molecule has 2 rings (SSSR count). The number of nitrogens with two attached hydrogens (primary N) is 1. The molecule has 0 aliphatic heterocycles. The summed E-state index contributed by atoms with van der Waals surface area (Å²) >= 11 is 0. The summed E-state index contributed by atoms with van der Waals surface area (Å²) in [5.41, 5.74) is 9.77. The van der Waals surface area contributed by atoms with Crippen LogP contribution in [0.2, 0.25) is 0 Å². The molecule has 1 amide bonds.